The minimum atomic E-state index is -0.128. The standard InChI is InChI=1S/C23H30N4O4/c1-25(16-22(28)24-18-8-10-19(30-2)11-9-18)17-23(29)27-14-12-26(13-15-27)20-6-4-5-7-21(20)31-3/h4-11H,12-17H2,1-3H3,(H,24,28)/p+1. The van der Waals surface area contributed by atoms with E-state index in [0.29, 0.717) is 18.8 Å². The Morgan fingerprint density at radius 3 is 2.26 bits per heavy atom. The molecule has 2 aromatic rings. The molecule has 1 atom stereocenters. The fraction of sp³-hybridized carbons (Fsp3) is 0.391. The Hall–Kier alpha value is -3.26. The second-order valence-corrected chi connectivity index (χ2v) is 7.63. The molecule has 1 aliphatic heterocycles. The first kappa shape index (κ1) is 22.4. The highest BCUT2D eigenvalue weighted by Crippen LogP contribution is 2.28. The quantitative estimate of drug-likeness (QED) is 0.642. The first-order valence-electron chi connectivity index (χ1n) is 10.4. The van der Waals surface area contributed by atoms with Gasteiger partial charge in [0.15, 0.2) is 13.1 Å². The maximum Gasteiger partial charge on any atom is 0.279 e. The highest BCUT2D eigenvalue weighted by molar-refractivity contribution is 5.91. The number of ether oxygens (including phenoxy) is 2. The molecule has 3 rings (SSSR count). The summed E-state index contributed by atoms with van der Waals surface area (Å²) in [5, 5.41) is 2.85. The van der Waals surface area contributed by atoms with E-state index in [4.69, 9.17) is 9.47 Å². The molecule has 8 heteroatoms. The number of hydrogen-bond donors (Lipinski definition) is 2. The maximum atomic E-state index is 12.7. The normalized spacial score (nSPS) is 14.7. The number of anilines is 2. The number of amides is 2. The van der Waals surface area contributed by atoms with Crippen LogP contribution in [0.25, 0.3) is 0 Å². The zero-order valence-electron chi connectivity index (χ0n) is 18.4. The zero-order chi connectivity index (χ0) is 22.2. The second-order valence-electron chi connectivity index (χ2n) is 7.63. The number of rotatable bonds is 8. The van der Waals surface area contributed by atoms with Gasteiger partial charge in [0.05, 0.1) is 27.0 Å². The van der Waals surface area contributed by atoms with E-state index in [1.54, 1.807) is 38.5 Å². The number of piperazine rings is 1. The van der Waals surface area contributed by atoms with Gasteiger partial charge in [-0.3, -0.25) is 9.59 Å². The van der Waals surface area contributed by atoms with Gasteiger partial charge in [-0.05, 0) is 36.4 Å². The van der Waals surface area contributed by atoms with Gasteiger partial charge in [-0.15, -0.1) is 0 Å². The van der Waals surface area contributed by atoms with Crippen LogP contribution in [0.2, 0.25) is 0 Å². The molecule has 8 nitrogen and oxygen atoms in total. The van der Waals surface area contributed by atoms with Crippen LogP contribution in [0.1, 0.15) is 0 Å². The van der Waals surface area contributed by atoms with E-state index < -0.39 is 0 Å². The molecule has 2 amide bonds. The first-order chi connectivity index (χ1) is 15.0. The van der Waals surface area contributed by atoms with Crippen molar-refractivity contribution in [1.29, 1.82) is 0 Å². The lowest BCUT2D eigenvalue weighted by atomic mass is 10.2. The molecule has 0 radical (unpaired) electrons. The maximum absolute atomic E-state index is 12.7. The number of methoxy groups -OCH3 is 2. The molecule has 0 bridgehead atoms. The Bertz CT molecular complexity index is 879. The van der Waals surface area contributed by atoms with Gasteiger partial charge < -0.3 is 29.5 Å². The second kappa shape index (κ2) is 10.7. The van der Waals surface area contributed by atoms with Gasteiger partial charge in [-0.2, -0.15) is 0 Å². The molecular weight excluding hydrogens is 396 g/mol. The summed E-state index contributed by atoms with van der Waals surface area (Å²) in [7, 11) is 5.12. The first-order valence-corrected chi connectivity index (χ1v) is 10.4. The summed E-state index contributed by atoms with van der Waals surface area (Å²) in [6.45, 7) is 3.32. The number of nitrogens with zero attached hydrogens (tertiary/aromatic N) is 2. The predicted molar refractivity (Wildman–Crippen MR) is 120 cm³/mol. The fourth-order valence-electron chi connectivity index (χ4n) is 3.67. The average molecular weight is 428 g/mol. The van der Waals surface area contributed by atoms with Crippen LogP contribution >= 0.6 is 0 Å². The third kappa shape index (κ3) is 6.11. The molecule has 1 saturated heterocycles. The highest BCUT2D eigenvalue weighted by Gasteiger charge is 2.25. The third-order valence-electron chi connectivity index (χ3n) is 5.35. The van der Waals surface area contributed by atoms with Gasteiger partial charge in [0.2, 0.25) is 0 Å². The lowest BCUT2D eigenvalue weighted by Crippen LogP contribution is -3.11. The monoisotopic (exact) mass is 427 g/mol. The van der Waals surface area contributed by atoms with E-state index in [0.717, 1.165) is 35.2 Å². The van der Waals surface area contributed by atoms with E-state index in [9.17, 15) is 9.59 Å². The van der Waals surface area contributed by atoms with Crippen LogP contribution in [0, 0.1) is 0 Å². The van der Waals surface area contributed by atoms with Crippen molar-refractivity contribution in [3.05, 3.63) is 48.5 Å². The molecule has 2 aromatic carbocycles. The minimum Gasteiger partial charge on any atom is -0.497 e. The van der Waals surface area contributed by atoms with Crippen LogP contribution in [0.5, 0.6) is 11.5 Å². The summed E-state index contributed by atoms with van der Waals surface area (Å²) < 4.78 is 10.6. The van der Waals surface area contributed by atoms with E-state index in [1.165, 1.54) is 0 Å². The van der Waals surface area contributed by atoms with Gasteiger partial charge in [-0.25, -0.2) is 0 Å². The molecule has 166 valence electrons. The Labute approximate surface area is 183 Å². The van der Waals surface area contributed by atoms with Crippen LogP contribution in [0.3, 0.4) is 0 Å². The van der Waals surface area contributed by atoms with Gasteiger partial charge >= 0.3 is 0 Å². The summed E-state index contributed by atoms with van der Waals surface area (Å²) >= 11 is 0. The van der Waals surface area contributed by atoms with Crippen molar-refractivity contribution in [3.63, 3.8) is 0 Å². The molecule has 0 saturated carbocycles. The van der Waals surface area contributed by atoms with Crippen molar-refractivity contribution in [2.45, 2.75) is 0 Å². The Morgan fingerprint density at radius 1 is 0.935 bits per heavy atom. The van der Waals surface area contributed by atoms with E-state index in [2.05, 4.69) is 10.2 Å². The predicted octanol–water partition coefficient (Wildman–Crippen LogP) is 0.506. The topological polar surface area (TPSA) is 75.5 Å². The average Bonchev–Trinajstić information content (AvgIpc) is 2.79. The summed E-state index contributed by atoms with van der Waals surface area (Å²) in [6.07, 6.45) is 0. The van der Waals surface area contributed by atoms with Crippen molar-refractivity contribution in [1.82, 2.24) is 4.90 Å². The van der Waals surface area contributed by atoms with Crippen LogP contribution in [0.4, 0.5) is 11.4 Å². The van der Waals surface area contributed by atoms with Gasteiger partial charge in [0.1, 0.15) is 11.5 Å². The van der Waals surface area contributed by atoms with Gasteiger partial charge in [0.25, 0.3) is 11.8 Å². The van der Waals surface area contributed by atoms with Crippen molar-refractivity contribution in [2.24, 2.45) is 0 Å². The summed E-state index contributed by atoms with van der Waals surface area (Å²) in [5.41, 5.74) is 1.76. The molecule has 2 N–H and O–H groups in total. The molecule has 1 fully saturated rings. The molecule has 1 aliphatic rings. The number of para-hydroxylation sites is 2. The lowest BCUT2D eigenvalue weighted by Gasteiger charge is -2.36. The van der Waals surface area contributed by atoms with E-state index >= 15 is 0 Å². The molecule has 0 aliphatic carbocycles. The highest BCUT2D eigenvalue weighted by atomic mass is 16.5. The number of likely N-dealkylation sites (N-methyl/N-ethyl adjacent to an activating group) is 1. The smallest absolute Gasteiger partial charge is 0.279 e. The van der Waals surface area contributed by atoms with Gasteiger partial charge in [-0.1, -0.05) is 12.1 Å². The summed E-state index contributed by atoms with van der Waals surface area (Å²) in [4.78, 5) is 29.9. The summed E-state index contributed by atoms with van der Waals surface area (Å²) in [5.74, 6) is 1.51. The van der Waals surface area contributed by atoms with Crippen molar-refractivity contribution < 1.29 is 24.0 Å². The van der Waals surface area contributed by atoms with Gasteiger partial charge in [0, 0.05) is 31.9 Å². The SMILES string of the molecule is COc1ccc(NC(=O)C[NH+](C)CC(=O)N2CCN(c3ccccc3OC)CC2)cc1. The minimum absolute atomic E-state index is 0.0643. The molecule has 31 heavy (non-hydrogen) atoms. The zero-order valence-corrected chi connectivity index (χ0v) is 18.4. The largest absolute Gasteiger partial charge is 0.497 e. The number of quaternary nitrogens is 1. The number of carbonyl (C=O) groups is 2. The lowest BCUT2D eigenvalue weighted by molar-refractivity contribution is -0.862. The molecule has 1 unspecified atom stereocenters. The number of nitrogens with one attached hydrogen (secondary N) is 2. The molecule has 0 spiro atoms. The number of carbonyl (C=O) groups excluding carboxylic acids is 2. The molecular formula is C23H31N4O4+. The Balaban J connectivity index is 1.44. The fourth-order valence-corrected chi connectivity index (χ4v) is 3.67. The van der Waals surface area contributed by atoms with Crippen molar-refractivity contribution in [3.8, 4) is 11.5 Å². The van der Waals surface area contributed by atoms with Crippen molar-refractivity contribution >= 4 is 23.2 Å². The number of benzene rings is 2. The third-order valence-corrected chi connectivity index (χ3v) is 5.35. The molecule has 0 aromatic heterocycles. The van der Waals surface area contributed by atoms with Crippen LogP contribution in [-0.4, -0.2) is 77.3 Å². The number of hydrogen-bond acceptors (Lipinski definition) is 5. The van der Waals surface area contributed by atoms with E-state index in [-0.39, 0.29) is 24.9 Å². The Kier molecular flexibility index (Phi) is 7.72. The van der Waals surface area contributed by atoms with Crippen LogP contribution in [-0.2, 0) is 9.59 Å². The van der Waals surface area contributed by atoms with Crippen LogP contribution < -0.4 is 24.6 Å². The van der Waals surface area contributed by atoms with Crippen LogP contribution in [0.15, 0.2) is 48.5 Å². The van der Waals surface area contributed by atoms with E-state index in [1.807, 2.05) is 36.2 Å². The molecule has 1 heterocycles. The Morgan fingerprint density at radius 2 is 1.61 bits per heavy atom. The summed E-state index contributed by atoms with van der Waals surface area (Å²) in [6, 6.07) is 15.1. The van der Waals surface area contributed by atoms with Crippen molar-refractivity contribution in [2.75, 3.05) is 70.8 Å².